The van der Waals surface area contributed by atoms with Crippen LogP contribution in [0.2, 0.25) is 0 Å². The van der Waals surface area contributed by atoms with E-state index in [-0.39, 0.29) is 30.4 Å². The first kappa shape index (κ1) is 20.9. The zero-order valence-corrected chi connectivity index (χ0v) is 17.6. The summed E-state index contributed by atoms with van der Waals surface area (Å²) in [4.78, 5) is 40.3. The van der Waals surface area contributed by atoms with Crippen LogP contribution in [0.1, 0.15) is 57.3 Å². The molecule has 1 aliphatic heterocycles. The zero-order valence-electron chi connectivity index (χ0n) is 17.6. The maximum absolute atomic E-state index is 13.5. The Hall–Kier alpha value is -3.35. The number of amides is 2. The van der Waals surface area contributed by atoms with Crippen molar-refractivity contribution >= 4 is 29.0 Å². The normalized spacial score (nSPS) is 18.0. The number of fused-ring (bicyclic) bond motifs is 1. The van der Waals surface area contributed by atoms with Crippen molar-refractivity contribution in [2.24, 2.45) is 0 Å². The number of ketones is 1. The minimum Gasteiger partial charge on any atom is -0.467 e. The van der Waals surface area contributed by atoms with E-state index in [1.165, 1.54) is 0 Å². The Kier molecular flexibility index (Phi) is 6.21. The number of Topliss-reactive ketones (excluding diaryl/α,β-unsaturated/α-hetero) is 1. The van der Waals surface area contributed by atoms with Crippen molar-refractivity contribution in [3.63, 3.8) is 0 Å². The molecule has 2 heterocycles. The highest BCUT2D eigenvalue weighted by atomic mass is 16.3. The number of para-hydroxylation sites is 2. The monoisotopic (exact) mass is 421 g/mol. The Bertz CT molecular complexity index is 1010. The maximum Gasteiger partial charge on any atom is 0.228 e. The van der Waals surface area contributed by atoms with Gasteiger partial charge in [-0.25, -0.2) is 0 Å². The summed E-state index contributed by atoms with van der Waals surface area (Å²) >= 11 is 0. The van der Waals surface area contributed by atoms with Crippen LogP contribution in [0.5, 0.6) is 0 Å². The Morgan fingerprint density at radius 3 is 2.77 bits per heavy atom. The highest BCUT2D eigenvalue weighted by Crippen LogP contribution is 2.45. The summed E-state index contributed by atoms with van der Waals surface area (Å²) < 4.78 is 5.71. The van der Waals surface area contributed by atoms with Gasteiger partial charge < -0.3 is 15.1 Å². The van der Waals surface area contributed by atoms with E-state index < -0.39 is 6.04 Å². The van der Waals surface area contributed by atoms with Gasteiger partial charge in [-0.3, -0.25) is 19.3 Å². The summed E-state index contributed by atoms with van der Waals surface area (Å²) in [7, 11) is 0. The largest absolute Gasteiger partial charge is 0.467 e. The summed E-state index contributed by atoms with van der Waals surface area (Å²) in [5.41, 5.74) is 2.84. The van der Waals surface area contributed by atoms with Crippen molar-refractivity contribution < 1.29 is 18.8 Å². The summed E-state index contributed by atoms with van der Waals surface area (Å²) in [5.74, 6) is 0.167. The minimum absolute atomic E-state index is 0.0152. The highest BCUT2D eigenvalue weighted by Gasteiger charge is 2.40. The molecule has 7 heteroatoms. The average Bonchev–Trinajstić information content (AvgIpc) is 3.25. The Labute approximate surface area is 181 Å². The average molecular weight is 421 g/mol. The van der Waals surface area contributed by atoms with E-state index in [2.05, 4.69) is 10.6 Å². The van der Waals surface area contributed by atoms with Crippen LogP contribution in [-0.2, 0) is 14.4 Å². The van der Waals surface area contributed by atoms with Gasteiger partial charge in [0.05, 0.1) is 17.6 Å². The third-order valence-electron chi connectivity index (χ3n) is 5.66. The molecule has 4 rings (SSSR count). The van der Waals surface area contributed by atoms with Crippen molar-refractivity contribution in [2.45, 2.75) is 51.5 Å². The van der Waals surface area contributed by atoms with Gasteiger partial charge in [-0.15, -0.1) is 0 Å². The lowest BCUT2D eigenvalue weighted by Gasteiger charge is -2.32. The van der Waals surface area contributed by atoms with Crippen LogP contribution >= 0.6 is 0 Å². The molecule has 7 nitrogen and oxygen atoms in total. The fourth-order valence-corrected chi connectivity index (χ4v) is 4.22. The van der Waals surface area contributed by atoms with Crippen LogP contribution in [0.3, 0.4) is 0 Å². The van der Waals surface area contributed by atoms with Crippen LogP contribution in [0.4, 0.5) is 11.4 Å². The number of anilines is 2. The Morgan fingerprint density at radius 1 is 1.16 bits per heavy atom. The number of carbonyl (C=O) groups is 3. The first-order chi connectivity index (χ1) is 15.1. The van der Waals surface area contributed by atoms with Gasteiger partial charge in [0, 0.05) is 37.1 Å². The van der Waals surface area contributed by atoms with E-state index in [4.69, 9.17) is 4.42 Å². The van der Waals surface area contributed by atoms with Crippen molar-refractivity contribution in [1.82, 2.24) is 5.32 Å². The number of hydrogen-bond donors (Lipinski definition) is 2. The lowest BCUT2D eigenvalue weighted by Crippen LogP contribution is -2.38. The molecule has 2 aliphatic rings. The topological polar surface area (TPSA) is 91.7 Å². The molecule has 2 N–H and O–H groups in total. The SMILES string of the molecule is CCCNC(=O)CCC(=O)N1c2ccccc2NC2=C(C(=O)CCC2)[C@@H]1c1ccco1. The smallest absolute Gasteiger partial charge is 0.228 e. The molecule has 2 amide bonds. The molecule has 0 fully saturated rings. The Morgan fingerprint density at radius 2 is 2.00 bits per heavy atom. The number of carbonyl (C=O) groups excluding carboxylic acids is 3. The van der Waals surface area contributed by atoms with Crippen LogP contribution in [0.15, 0.2) is 58.3 Å². The molecule has 1 aliphatic carbocycles. The van der Waals surface area contributed by atoms with Gasteiger partial charge in [-0.05, 0) is 43.5 Å². The molecule has 31 heavy (non-hydrogen) atoms. The van der Waals surface area contributed by atoms with Gasteiger partial charge in [0.25, 0.3) is 0 Å². The fourth-order valence-electron chi connectivity index (χ4n) is 4.22. The van der Waals surface area contributed by atoms with Crippen molar-refractivity contribution in [3.8, 4) is 0 Å². The second-order valence-corrected chi connectivity index (χ2v) is 7.84. The molecular formula is C24H27N3O4. The predicted octanol–water partition coefficient (Wildman–Crippen LogP) is 4.09. The summed E-state index contributed by atoms with van der Waals surface area (Å²) in [5, 5.41) is 6.21. The van der Waals surface area contributed by atoms with Gasteiger partial charge in [-0.2, -0.15) is 0 Å². The molecule has 0 radical (unpaired) electrons. The van der Waals surface area contributed by atoms with Crippen LogP contribution in [-0.4, -0.2) is 24.1 Å². The third-order valence-corrected chi connectivity index (χ3v) is 5.66. The number of nitrogens with one attached hydrogen (secondary N) is 2. The number of nitrogens with zero attached hydrogens (tertiary/aromatic N) is 1. The standard InChI is InChI=1S/C24H27N3O4/c1-2-14-25-21(29)12-13-22(30)27-18-9-4-3-7-16(18)26-17-8-5-10-19(28)23(17)24(27)20-11-6-15-31-20/h3-4,6-7,9,11,15,24,26H,2,5,8,10,12-14H2,1H3,(H,25,29)/t24-/m0/s1. The number of hydrogen-bond acceptors (Lipinski definition) is 5. The summed E-state index contributed by atoms with van der Waals surface area (Å²) in [6, 6.07) is 10.4. The molecule has 0 saturated heterocycles. The maximum atomic E-state index is 13.5. The van der Waals surface area contributed by atoms with Gasteiger partial charge in [0.1, 0.15) is 11.8 Å². The lowest BCUT2D eigenvalue weighted by atomic mass is 9.88. The molecule has 162 valence electrons. The highest BCUT2D eigenvalue weighted by molar-refractivity contribution is 6.06. The molecule has 1 aromatic carbocycles. The second-order valence-electron chi connectivity index (χ2n) is 7.84. The minimum atomic E-state index is -0.667. The van der Waals surface area contributed by atoms with E-state index in [0.29, 0.717) is 30.0 Å². The summed E-state index contributed by atoms with van der Waals surface area (Å²) in [6.07, 6.45) is 4.46. The first-order valence-corrected chi connectivity index (χ1v) is 10.8. The van der Waals surface area contributed by atoms with E-state index >= 15 is 0 Å². The van der Waals surface area contributed by atoms with E-state index in [9.17, 15) is 14.4 Å². The number of allylic oxidation sites excluding steroid dienone is 1. The van der Waals surface area contributed by atoms with Gasteiger partial charge in [0.2, 0.25) is 11.8 Å². The molecule has 0 spiro atoms. The molecule has 0 bridgehead atoms. The van der Waals surface area contributed by atoms with Gasteiger partial charge >= 0.3 is 0 Å². The Balaban J connectivity index is 1.76. The molecular weight excluding hydrogens is 394 g/mol. The number of furan rings is 1. The molecule has 1 aromatic heterocycles. The number of benzene rings is 1. The zero-order chi connectivity index (χ0) is 21.8. The fraction of sp³-hybridized carbons (Fsp3) is 0.375. The first-order valence-electron chi connectivity index (χ1n) is 10.8. The van der Waals surface area contributed by atoms with Crippen molar-refractivity contribution in [3.05, 3.63) is 59.7 Å². The molecule has 2 aromatic rings. The lowest BCUT2D eigenvalue weighted by molar-refractivity contribution is -0.125. The van der Waals surface area contributed by atoms with E-state index in [1.54, 1.807) is 23.3 Å². The third kappa shape index (κ3) is 4.26. The van der Waals surface area contributed by atoms with E-state index in [1.807, 2.05) is 31.2 Å². The molecule has 0 unspecified atom stereocenters. The van der Waals surface area contributed by atoms with Crippen LogP contribution in [0, 0.1) is 0 Å². The number of rotatable bonds is 6. The van der Waals surface area contributed by atoms with Crippen LogP contribution < -0.4 is 15.5 Å². The molecule has 0 saturated carbocycles. The summed E-state index contributed by atoms with van der Waals surface area (Å²) in [6.45, 7) is 2.57. The van der Waals surface area contributed by atoms with Crippen molar-refractivity contribution in [2.75, 3.05) is 16.8 Å². The van der Waals surface area contributed by atoms with Crippen LogP contribution in [0.25, 0.3) is 0 Å². The van der Waals surface area contributed by atoms with Crippen molar-refractivity contribution in [1.29, 1.82) is 0 Å². The van der Waals surface area contributed by atoms with E-state index in [0.717, 1.165) is 30.6 Å². The quantitative estimate of drug-likeness (QED) is 0.733. The molecule has 1 atom stereocenters. The van der Waals surface area contributed by atoms with Gasteiger partial charge in [0.15, 0.2) is 5.78 Å². The second kappa shape index (κ2) is 9.20. The predicted molar refractivity (Wildman–Crippen MR) is 117 cm³/mol. The van der Waals surface area contributed by atoms with Gasteiger partial charge in [-0.1, -0.05) is 19.1 Å².